The SMILES string of the molecule is O=C(CN1CCCCCC1=O)NNC(=O)c1ccc(-c2nnco2)cc1. The molecule has 9 nitrogen and oxygen atoms in total. The zero-order valence-corrected chi connectivity index (χ0v) is 14.1. The number of benzene rings is 1. The van der Waals surface area contributed by atoms with Crippen LogP contribution in [-0.4, -0.2) is 45.9 Å². The Hall–Kier alpha value is -3.23. The van der Waals surface area contributed by atoms with Crippen LogP contribution in [0, 0.1) is 0 Å². The molecule has 1 fully saturated rings. The molecule has 0 radical (unpaired) electrons. The topological polar surface area (TPSA) is 117 Å². The van der Waals surface area contributed by atoms with Gasteiger partial charge in [-0.2, -0.15) is 0 Å². The van der Waals surface area contributed by atoms with E-state index in [1.807, 2.05) is 0 Å². The summed E-state index contributed by atoms with van der Waals surface area (Å²) in [4.78, 5) is 37.5. The van der Waals surface area contributed by atoms with E-state index in [1.165, 1.54) is 11.3 Å². The van der Waals surface area contributed by atoms with E-state index in [4.69, 9.17) is 4.42 Å². The van der Waals surface area contributed by atoms with E-state index in [2.05, 4.69) is 21.0 Å². The zero-order valence-electron chi connectivity index (χ0n) is 14.1. The number of carbonyl (C=O) groups is 3. The highest BCUT2D eigenvalue weighted by atomic mass is 16.4. The second kappa shape index (κ2) is 8.24. The van der Waals surface area contributed by atoms with Crippen LogP contribution in [-0.2, 0) is 9.59 Å². The van der Waals surface area contributed by atoms with Gasteiger partial charge in [0.15, 0.2) is 0 Å². The normalized spacial score (nSPS) is 14.6. The number of amides is 3. The van der Waals surface area contributed by atoms with Crippen LogP contribution in [0.2, 0.25) is 0 Å². The molecule has 3 rings (SSSR count). The van der Waals surface area contributed by atoms with Crippen molar-refractivity contribution in [2.24, 2.45) is 0 Å². The van der Waals surface area contributed by atoms with Crippen LogP contribution in [0.3, 0.4) is 0 Å². The van der Waals surface area contributed by atoms with Gasteiger partial charge >= 0.3 is 0 Å². The summed E-state index contributed by atoms with van der Waals surface area (Å²) in [7, 11) is 0. The first-order valence-electron chi connectivity index (χ1n) is 8.37. The summed E-state index contributed by atoms with van der Waals surface area (Å²) in [6.07, 6.45) is 4.41. The van der Waals surface area contributed by atoms with E-state index in [1.54, 1.807) is 24.3 Å². The number of likely N-dealkylation sites (tertiary alicyclic amines) is 1. The predicted octanol–water partition coefficient (Wildman–Crippen LogP) is 0.900. The van der Waals surface area contributed by atoms with Gasteiger partial charge in [-0.1, -0.05) is 6.42 Å². The van der Waals surface area contributed by atoms with Crippen molar-refractivity contribution in [2.75, 3.05) is 13.1 Å². The highest BCUT2D eigenvalue weighted by Crippen LogP contribution is 2.16. The van der Waals surface area contributed by atoms with Gasteiger partial charge in [-0.05, 0) is 37.1 Å². The molecule has 1 aliphatic heterocycles. The number of nitrogens with one attached hydrogen (secondary N) is 2. The molecule has 2 heterocycles. The fourth-order valence-electron chi connectivity index (χ4n) is 2.68. The smallest absolute Gasteiger partial charge is 0.269 e. The average molecular weight is 357 g/mol. The maximum atomic E-state index is 12.1. The first kappa shape index (κ1) is 17.6. The molecule has 1 aromatic carbocycles. The van der Waals surface area contributed by atoms with Gasteiger partial charge in [0.25, 0.3) is 11.8 Å². The minimum atomic E-state index is -0.461. The molecule has 26 heavy (non-hydrogen) atoms. The summed E-state index contributed by atoms with van der Waals surface area (Å²) in [6.45, 7) is 0.506. The lowest BCUT2D eigenvalue weighted by atomic mass is 10.1. The Morgan fingerprint density at radius 3 is 2.65 bits per heavy atom. The Bertz CT molecular complexity index is 773. The second-order valence-electron chi connectivity index (χ2n) is 5.95. The lowest BCUT2D eigenvalue weighted by Crippen LogP contribution is -2.47. The summed E-state index contributed by atoms with van der Waals surface area (Å²) in [6, 6.07) is 6.50. The van der Waals surface area contributed by atoms with E-state index in [0.29, 0.717) is 30.0 Å². The van der Waals surface area contributed by atoms with Crippen molar-refractivity contribution < 1.29 is 18.8 Å². The molecule has 1 saturated heterocycles. The van der Waals surface area contributed by atoms with Gasteiger partial charge in [0.05, 0.1) is 0 Å². The minimum Gasteiger partial charge on any atom is -0.423 e. The molecule has 1 aromatic heterocycles. The minimum absolute atomic E-state index is 0.0272. The Morgan fingerprint density at radius 1 is 1.12 bits per heavy atom. The number of rotatable bonds is 4. The monoisotopic (exact) mass is 357 g/mol. The van der Waals surface area contributed by atoms with Crippen LogP contribution >= 0.6 is 0 Å². The van der Waals surface area contributed by atoms with E-state index in [0.717, 1.165) is 19.3 Å². The second-order valence-corrected chi connectivity index (χ2v) is 5.95. The van der Waals surface area contributed by atoms with Crippen LogP contribution in [0.1, 0.15) is 36.0 Å². The first-order chi connectivity index (χ1) is 12.6. The van der Waals surface area contributed by atoms with Gasteiger partial charge in [-0.15, -0.1) is 10.2 Å². The van der Waals surface area contributed by atoms with E-state index in [9.17, 15) is 14.4 Å². The van der Waals surface area contributed by atoms with Gasteiger partial charge in [0.2, 0.25) is 18.2 Å². The van der Waals surface area contributed by atoms with Crippen LogP contribution in [0.4, 0.5) is 0 Å². The van der Waals surface area contributed by atoms with Gasteiger partial charge in [0.1, 0.15) is 6.54 Å². The third-order valence-corrected chi connectivity index (χ3v) is 4.08. The predicted molar refractivity (Wildman–Crippen MR) is 90.4 cm³/mol. The van der Waals surface area contributed by atoms with Gasteiger partial charge in [-0.25, -0.2) is 0 Å². The van der Waals surface area contributed by atoms with Crippen molar-refractivity contribution in [2.45, 2.75) is 25.7 Å². The van der Waals surface area contributed by atoms with E-state index < -0.39 is 11.8 Å². The van der Waals surface area contributed by atoms with Crippen LogP contribution in [0.25, 0.3) is 11.5 Å². The molecular weight excluding hydrogens is 338 g/mol. The zero-order chi connectivity index (χ0) is 18.4. The van der Waals surface area contributed by atoms with Crippen molar-refractivity contribution in [1.29, 1.82) is 0 Å². The molecule has 136 valence electrons. The van der Waals surface area contributed by atoms with Crippen LogP contribution < -0.4 is 10.9 Å². The third-order valence-electron chi connectivity index (χ3n) is 4.08. The van der Waals surface area contributed by atoms with Crippen molar-refractivity contribution in [1.82, 2.24) is 25.9 Å². The molecule has 0 bridgehead atoms. The number of hydrazine groups is 1. The first-order valence-corrected chi connectivity index (χ1v) is 8.37. The van der Waals surface area contributed by atoms with Gasteiger partial charge < -0.3 is 9.32 Å². The van der Waals surface area contributed by atoms with E-state index >= 15 is 0 Å². The lowest BCUT2D eigenvalue weighted by molar-refractivity contribution is -0.135. The van der Waals surface area contributed by atoms with Gasteiger partial charge in [-0.3, -0.25) is 25.2 Å². The standard InChI is InChI=1S/C17H19N5O4/c23-14(10-22-9-3-1-2-4-15(22)24)19-20-16(25)12-5-7-13(8-6-12)17-21-18-11-26-17/h5-8,11H,1-4,9-10H2,(H,19,23)(H,20,25). The number of hydrogen-bond donors (Lipinski definition) is 2. The number of nitrogens with zero attached hydrogens (tertiary/aromatic N) is 3. The maximum Gasteiger partial charge on any atom is 0.269 e. The molecule has 0 unspecified atom stereocenters. The molecule has 0 atom stereocenters. The molecular formula is C17H19N5O4. The van der Waals surface area contributed by atoms with Crippen LogP contribution in [0.5, 0.6) is 0 Å². The molecule has 1 aliphatic rings. The number of aromatic nitrogens is 2. The maximum absolute atomic E-state index is 12.1. The Kier molecular flexibility index (Phi) is 5.57. The molecule has 9 heteroatoms. The van der Waals surface area contributed by atoms with E-state index in [-0.39, 0.29) is 12.5 Å². The Morgan fingerprint density at radius 2 is 1.92 bits per heavy atom. The molecule has 2 N–H and O–H groups in total. The fourth-order valence-corrected chi connectivity index (χ4v) is 2.68. The molecule has 0 saturated carbocycles. The fraction of sp³-hybridized carbons (Fsp3) is 0.353. The van der Waals surface area contributed by atoms with Crippen molar-refractivity contribution in [3.8, 4) is 11.5 Å². The molecule has 0 spiro atoms. The third kappa shape index (κ3) is 4.44. The quantitative estimate of drug-likeness (QED) is 0.785. The highest BCUT2D eigenvalue weighted by molar-refractivity contribution is 5.96. The Labute approximate surface area is 149 Å². The van der Waals surface area contributed by atoms with Gasteiger partial charge in [0, 0.05) is 24.1 Å². The molecule has 3 amide bonds. The van der Waals surface area contributed by atoms with Crippen LogP contribution in [0.15, 0.2) is 35.1 Å². The summed E-state index contributed by atoms with van der Waals surface area (Å²) in [5, 5.41) is 7.38. The summed E-state index contributed by atoms with van der Waals surface area (Å²) in [5.41, 5.74) is 5.73. The average Bonchev–Trinajstić information content (AvgIpc) is 3.12. The van der Waals surface area contributed by atoms with Crippen molar-refractivity contribution in [3.05, 3.63) is 36.2 Å². The van der Waals surface area contributed by atoms with Crippen molar-refractivity contribution in [3.63, 3.8) is 0 Å². The van der Waals surface area contributed by atoms with Crippen molar-refractivity contribution >= 4 is 17.7 Å². The summed E-state index contributed by atoms with van der Waals surface area (Å²) in [5.74, 6) is -0.568. The molecule has 0 aliphatic carbocycles. The number of hydrogen-bond acceptors (Lipinski definition) is 6. The highest BCUT2D eigenvalue weighted by Gasteiger charge is 2.19. The summed E-state index contributed by atoms with van der Waals surface area (Å²) < 4.78 is 5.08. The summed E-state index contributed by atoms with van der Waals surface area (Å²) >= 11 is 0. The number of carbonyl (C=O) groups excluding carboxylic acids is 3. The Balaban J connectivity index is 1.50. The molecule has 2 aromatic rings. The largest absolute Gasteiger partial charge is 0.423 e. The lowest BCUT2D eigenvalue weighted by Gasteiger charge is -2.19.